The molecule has 0 aromatic heterocycles. The number of hydrogen-bond donors (Lipinski definition) is 2. The van der Waals surface area contributed by atoms with Crippen LogP contribution in [0.4, 0.5) is 5.69 Å². The molecule has 90 valence electrons. The maximum absolute atomic E-state index is 12.0. The Bertz CT molecular complexity index is 414. The fourth-order valence-corrected chi connectivity index (χ4v) is 2.07. The van der Waals surface area contributed by atoms with Gasteiger partial charge in [-0.1, -0.05) is 24.3 Å². The van der Waals surface area contributed by atoms with Crippen LogP contribution in [0.15, 0.2) is 36.9 Å². The van der Waals surface area contributed by atoms with Crippen molar-refractivity contribution in [3.05, 3.63) is 42.5 Å². The predicted molar refractivity (Wildman–Crippen MR) is 70.0 cm³/mol. The van der Waals surface area contributed by atoms with Crippen molar-refractivity contribution in [1.29, 1.82) is 0 Å². The van der Waals surface area contributed by atoms with Crippen molar-refractivity contribution in [2.45, 2.75) is 25.3 Å². The normalized spacial score (nSPS) is 19.1. The largest absolute Gasteiger partial charge is 0.324 e. The topological polar surface area (TPSA) is 41.1 Å². The lowest BCUT2D eigenvalue weighted by Gasteiger charge is -2.14. The first-order valence-corrected chi connectivity index (χ1v) is 6.04. The van der Waals surface area contributed by atoms with Crippen molar-refractivity contribution in [3.63, 3.8) is 0 Å². The molecule has 0 spiro atoms. The van der Waals surface area contributed by atoms with Crippen LogP contribution < -0.4 is 10.6 Å². The maximum Gasteiger partial charge on any atom is 0.241 e. The van der Waals surface area contributed by atoms with Gasteiger partial charge in [0.1, 0.15) is 0 Å². The van der Waals surface area contributed by atoms with E-state index >= 15 is 0 Å². The molecule has 1 aromatic carbocycles. The third-order valence-corrected chi connectivity index (χ3v) is 3.03. The second kappa shape index (κ2) is 5.64. The molecule has 0 radical (unpaired) electrons. The lowest BCUT2D eigenvalue weighted by Crippen LogP contribution is -2.40. The van der Waals surface area contributed by atoms with Crippen LogP contribution in [0.25, 0.3) is 0 Å². The lowest BCUT2D eigenvalue weighted by atomic mass is 10.1. The van der Waals surface area contributed by atoms with Crippen LogP contribution in [0.3, 0.4) is 0 Å². The minimum Gasteiger partial charge on any atom is -0.324 e. The number of carbonyl (C=O) groups is 1. The van der Waals surface area contributed by atoms with Crippen molar-refractivity contribution in [3.8, 4) is 0 Å². The molecule has 1 aliphatic rings. The number of hydrogen-bond acceptors (Lipinski definition) is 2. The lowest BCUT2D eigenvalue weighted by molar-refractivity contribution is -0.118. The highest BCUT2D eigenvalue weighted by molar-refractivity contribution is 5.96. The summed E-state index contributed by atoms with van der Waals surface area (Å²) in [6.07, 6.45) is 4.52. The van der Waals surface area contributed by atoms with E-state index < -0.39 is 0 Å². The minimum atomic E-state index is -0.0950. The van der Waals surface area contributed by atoms with Gasteiger partial charge in [-0.25, -0.2) is 0 Å². The number of fused-ring (bicyclic) bond motifs is 1. The van der Waals surface area contributed by atoms with Crippen LogP contribution in [0.5, 0.6) is 0 Å². The molecule has 0 bridgehead atoms. The van der Waals surface area contributed by atoms with E-state index in [2.05, 4.69) is 23.3 Å². The molecule has 1 unspecified atom stereocenters. The predicted octanol–water partition coefficient (Wildman–Crippen LogP) is 2.11. The molecule has 0 saturated heterocycles. The molecule has 0 saturated carbocycles. The van der Waals surface area contributed by atoms with Crippen molar-refractivity contribution in [2.75, 3.05) is 11.9 Å². The van der Waals surface area contributed by atoms with E-state index in [9.17, 15) is 4.79 Å². The number of amides is 1. The van der Waals surface area contributed by atoms with Crippen LogP contribution in [0.1, 0.15) is 18.4 Å². The van der Waals surface area contributed by atoms with E-state index in [1.807, 2.05) is 24.3 Å². The van der Waals surface area contributed by atoms with E-state index in [1.165, 1.54) is 5.56 Å². The zero-order valence-electron chi connectivity index (χ0n) is 9.91. The average molecular weight is 230 g/mol. The molecular formula is C14H18N2O. The third kappa shape index (κ3) is 2.94. The zero-order chi connectivity index (χ0) is 12.1. The summed E-state index contributed by atoms with van der Waals surface area (Å²) in [6, 6.07) is 7.89. The van der Waals surface area contributed by atoms with Crippen LogP contribution >= 0.6 is 0 Å². The standard InChI is InChI=1S/C14H18N2O/c1-2-3-10-15-13-9-8-11-6-4-5-7-12(11)16-14(13)17/h2,4-7,13,15H,1,3,8-10H2,(H,16,17). The van der Waals surface area contributed by atoms with Gasteiger partial charge in [0.2, 0.25) is 5.91 Å². The molecule has 1 amide bonds. The Morgan fingerprint density at radius 1 is 1.47 bits per heavy atom. The molecule has 1 atom stereocenters. The first-order chi connectivity index (χ1) is 8.31. The van der Waals surface area contributed by atoms with Gasteiger partial charge in [-0.3, -0.25) is 4.79 Å². The van der Waals surface area contributed by atoms with Gasteiger partial charge in [-0.05, 0) is 37.4 Å². The van der Waals surface area contributed by atoms with Gasteiger partial charge in [0.15, 0.2) is 0 Å². The first kappa shape index (κ1) is 11.9. The molecule has 1 aliphatic heterocycles. The Balaban J connectivity index is 2.02. The summed E-state index contributed by atoms with van der Waals surface area (Å²) in [5.74, 6) is 0.0685. The van der Waals surface area contributed by atoms with Crippen molar-refractivity contribution < 1.29 is 4.79 Å². The number of anilines is 1. The molecule has 1 heterocycles. The Labute approximate surface area is 102 Å². The van der Waals surface area contributed by atoms with Gasteiger partial charge in [-0.2, -0.15) is 0 Å². The second-order valence-corrected chi connectivity index (χ2v) is 4.27. The van der Waals surface area contributed by atoms with Gasteiger partial charge in [0.05, 0.1) is 6.04 Å². The second-order valence-electron chi connectivity index (χ2n) is 4.27. The molecule has 0 aliphatic carbocycles. The first-order valence-electron chi connectivity index (χ1n) is 6.04. The summed E-state index contributed by atoms with van der Waals surface area (Å²) in [4.78, 5) is 12.0. The Morgan fingerprint density at radius 2 is 2.29 bits per heavy atom. The van der Waals surface area contributed by atoms with E-state index in [4.69, 9.17) is 0 Å². The monoisotopic (exact) mass is 230 g/mol. The van der Waals surface area contributed by atoms with Crippen LogP contribution in [0, 0.1) is 0 Å². The molecule has 3 heteroatoms. The molecule has 17 heavy (non-hydrogen) atoms. The van der Waals surface area contributed by atoms with E-state index in [0.717, 1.165) is 31.5 Å². The summed E-state index contributed by atoms with van der Waals surface area (Å²) in [5.41, 5.74) is 2.17. The number of rotatable bonds is 4. The highest BCUT2D eigenvalue weighted by Gasteiger charge is 2.22. The van der Waals surface area contributed by atoms with E-state index in [-0.39, 0.29) is 11.9 Å². The van der Waals surface area contributed by atoms with Gasteiger partial charge >= 0.3 is 0 Å². The Hall–Kier alpha value is -1.61. The van der Waals surface area contributed by atoms with Crippen LogP contribution in [-0.4, -0.2) is 18.5 Å². The van der Waals surface area contributed by atoms with Crippen LogP contribution in [-0.2, 0) is 11.2 Å². The van der Waals surface area contributed by atoms with Crippen LogP contribution in [0.2, 0.25) is 0 Å². The van der Waals surface area contributed by atoms with Gasteiger partial charge in [-0.15, -0.1) is 6.58 Å². The summed E-state index contributed by atoms with van der Waals surface area (Å²) in [6.45, 7) is 4.48. The van der Waals surface area contributed by atoms with Gasteiger partial charge in [0.25, 0.3) is 0 Å². The third-order valence-electron chi connectivity index (χ3n) is 3.03. The summed E-state index contributed by atoms with van der Waals surface area (Å²) in [7, 11) is 0. The fourth-order valence-electron chi connectivity index (χ4n) is 2.07. The van der Waals surface area contributed by atoms with Crippen molar-refractivity contribution in [2.24, 2.45) is 0 Å². The number of aryl methyl sites for hydroxylation is 1. The molecule has 2 N–H and O–H groups in total. The van der Waals surface area contributed by atoms with E-state index in [0.29, 0.717) is 0 Å². The SMILES string of the molecule is C=CCCNC1CCc2ccccc2NC1=O. The number of carbonyl (C=O) groups excluding carboxylic acids is 1. The molecule has 0 fully saturated rings. The number of nitrogens with one attached hydrogen (secondary N) is 2. The quantitative estimate of drug-likeness (QED) is 0.614. The zero-order valence-corrected chi connectivity index (χ0v) is 9.91. The molecule has 3 nitrogen and oxygen atoms in total. The smallest absolute Gasteiger partial charge is 0.241 e. The molecule has 2 rings (SSSR count). The van der Waals surface area contributed by atoms with Crippen molar-refractivity contribution in [1.82, 2.24) is 5.32 Å². The Kier molecular flexibility index (Phi) is 3.94. The Morgan fingerprint density at radius 3 is 3.12 bits per heavy atom. The molecular weight excluding hydrogens is 212 g/mol. The van der Waals surface area contributed by atoms with Gasteiger partial charge in [0, 0.05) is 5.69 Å². The summed E-state index contributed by atoms with van der Waals surface area (Å²) < 4.78 is 0. The average Bonchev–Trinajstić information content (AvgIpc) is 2.49. The molecule has 1 aromatic rings. The number of benzene rings is 1. The maximum atomic E-state index is 12.0. The summed E-state index contributed by atoms with van der Waals surface area (Å²) in [5, 5.41) is 6.24. The highest BCUT2D eigenvalue weighted by Crippen LogP contribution is 2.21. The number of para-hydroxylation sites is 1. The fraction of sp³-hybridized carbons (Fsp3) is 0.357. The summed E-state index contributed by atoms with van der Waals surface area (Å²) >= 11 is 0. The highest BCUT2D eigenvalue weighted by atomic mass is 16.2. The minimum absolute atomic E-state index is 0.0685. The van der Waals surface area contributed by atoms with E-state index in [1.54, 1.807) is 0 Å². The van der Waals surface area contributed by atoms with Crippen molar-refractivity contribution >= 4 is 11.6 Å². The van der Waals surface area contributed by atoms with Gasteiger partial charge < -0.3 is 10.6 Å².